The minimum atomic E-state index is 0.0115. The minimum Gasteiger partial charge on any atom is -0.477 e. The van der Waals surface area contributed by atoms with Crippen molar-refractivity contribution in [3.05, 3.63) is 12.4 Å². The number of halogens is 1. The van der Waals surface area contributed by atoms with Crippen LogP contribution >= 0.6 is 11.6 Å². The van der Waals surface area contributed by atoms with Crippen LogP contribution in [0.5, 0.6) is 5.88 Å². The Bertz CT molecular complexity index is 325. The van der Waals surface area contributed by atoms with Crippen LogP contribution < -0.4 is 10.1 Å². The SMILES string of the molecule is CCCOc1cncc(NC(CCl)COC)n1. The number of hydrogen-bond donors (Lipinski definition) is 1. The third kappa shape index (κ3) is 5.19. The third-order valence-electron chi connectivity index (χ3n) is 1.97. The van der Waals surface area contributed by atoms with E-state index < -0.39 is 0 Å². The van der Waals surface area contributed by atoms with E-state index in [9.17, 15) is 0 Å². The summed E-state index contributed by atoms with van der Waals surface area (Å²) in [6.07, 6.45) is 4.16. The lowest BCUT2D eigenvalue weighted by Crippen LogP contribution is -2.27. The van der Waals surface area contributed by atoms with E-state index in [1.54, 1.807) is 19.5 Å². The lowest BCUT2D eigenvalue weighted by molar-refractivity contribution is 0.191. The molecule has 0 saturated heterocycles. The molecule has 0 spiro atoms. The number of nitrogens with zero attached hydrogens (tertiary/aromatic N) is 2. The maximum atomic E-state index is 5.80. The van der Waals surface area contributed by atoms with Crippen LogP contribution in [0.25, 0.3) is 0 Å². The summed E-state index contributed by atoms with van der Waals surface area (Å²) < 4.78 is 10.4. The Morgan fingerprint density at radius 2 is 2.29 bits per heavy atom. The first-order valence-corrected chi connectivity index (χ1v) is 6.09. The van der Waals surface area contributed by atoms with E-state index in [0.29, 0.717) is 30.8 Å². The fraction of sp³-hybridized carbons (Fsp3) is 0.636. The fourth-order valence-corrected chi connectivity index (χ4v) is 1.40. The van der Waals surface area contributed by atoms with Gasteiger partial charge in [-0.3, -0.25) is 4.98 Å². The molecule has 1 aromatic heterocycles. The third-order valence-corrected chi connectivity index (χ3v) is 2.35. The summed E-state index contributed by atoms with van der Waals surface area (Å²) in [5, 5.41) is 3.14. The van der Waals surface area contributed by atoms with Crippen molar-refractivity contribution in [3.63, 3.8) is 0 Å². The topological polar surface area (TPSA) is 56.3 Å². The van der Waals surface area contributed by atoms with Gasteiger partial charge in [-0.05, 0) is 6.42 Å². The van der Waals surface area contributed by atoms with Gasteiger partial charge in [-0.25, -0.2) is 0 Å². The number of anilines is 1. The Hall–Kier alpha value is -1.07. The number of hydrogen-bond acceptors (Lipinski definition) is 5. The summed E-state index contributed by atoms with van der Waals surface area (Å²) in [7, 11) is 1.63. The zero-order valence-corrected chi connectivity index (χ0v) is 10.9. The Morgan fingerprint density at radius 1 is 1.47 bits per heavy atom. The summed E-state index contributed by atoms with van der Waals surface area (Å²) >= 11 is 5.80. The van der Waals surface area contributed by atoms with Gasteiger partial charge < -0.3 is 14.8 Å². The Morgan fingerprint density at radius 3 is 2.94 bits per heavy atom. The first kappa shape index (κ1) is 14.0. The quantitative estimate of drug-likeness (QED) is 0.723. The van der Waals surface area contributed by atoms with Crippen LogP contribution in [0.2, 0.25) is 0 Å². The maximum Gasteiger partial charge on any atom is 0.234 e. The molecule has 0 radical (unpaired) electrons. The van der Waals surface area contributed by atoms with Crippen molar-refractivity contribution in [1.29, 1.82) is 0 Å². The molecule has 0 bridgehead atoms. The lowest BCUT2D eigenvalue weighted by Gasteiger charge is -2.15. The van der Waals surface area contributed by atoms with Gasteiger partial charge in [-0.2, -0.15) is 4.98 Å². The van der Waals surface area contributed by atoms with Gasteiger partial charge in [0.15, 0.2) is 0 Å². The van der Waals surface area contributed by atoms with Gasteiger partial charge in [0.05, 0.1) is 31.6 Å². The van der Waals surface area contributed by atoms with Crippen LogP contribution in [-0.4, -0.2) is 42.2 Å². The summed E-state index contributed by atoms with van der Waals surface area (Å²) in [6.45, 7) is 3.19. The second kappa shape index (κ2) is 8.08. The highest BCUT2D eigenvalue weighted by Gasteiger charge is 2.08. The van der Waals surface area contributed by atoms with Gasteiger partial charge in [-0.15, -0.1) is 11.6 Å². The molecule has 0 aromatic carbocycles. The summed E-state index contributed by atoms with van der Waals surface area (Å²) in [5.41, 5.74) is 0. The van der Waals surface area contributed by atoms with Crippen LogP contribution in [0, 0.1) is 0 Å². The van der Waals surface area contributed by atoms with Gasteiger partial charge in [0.25, 0.3) is 0 Å². The second-order valence-corrected chi connectivity index (χ2v) is 3.85. The van der Waals surface area contributed by atoms with Gasteiger partial charge in [0.1, 0.15) is 5.82 Å². The van der Waals surface area contributed by atoms with E-state index in [1.807, 2.05) is 6.92 Å². The van der Waals surface area contributed by atoms with Crippen molar-refractivity contribution in [3.8, 4) is 5.88 Å². The molecule has 0 fully saturated rings. The Kier molecular flexibility index (Phi) is 6.65. The molecule has 0 aliphatic carbocycles. The molecule has 6 heteroatoms. The van der Waals surface area contributed by atoms with Crippen LogP contribution in [-0.2, 0) is 4.74 Å². The number of aromatic nitrogens is 2. The molecule has 1 aromatic rings. The molecule has 1 unspecified atom stereocenters. The molecule has 96 valence electrons. The average Bonchev–Trinajstić information content (AvgIpc) is 2.36. The predicted molar refractivity (Wildman–Crippen MR) is 67.8 cm³/mol. The fourth-order valence-electron chi connectivity index (χ4n) is 1.23. The van der Waals surface area contributed by atoms with E-state index in [0.717, 1.165) is 6.42 Å². The van der Waals surface area contributed by atoms with Crippen molar-refractivity contribution < 1.29 is 9.47 Å². The lowest BCUT2D eigenvalue weighted by atomic mass is 10.3. The maximum absolute atomic E-state index is 5.80. The van der Waals surface area contributed by atoms with E-state index in [1.165, 1.54) is 0 Å². The largest absolute Gasteiger partial charge is 0.477 e. The number of nitrogens with one attached hydrogen (secondary N) is 1. The van der Waals surface area contributed by atoms with E-state index in [-0.39, 0.29) is 6.04 Å². The van der Waals surface area contributed by atoms with E-state index in [2.05, 4.69) is 15.3 Å². The molecule has 0 amide bonds. The standard InChI is InChI=1S/C11H18ClN3O2/c1-3-4-17-11-7-13-6-10(15-11)14-9(5-12)8-16-2/h6-7,9H,3-5,8H2,1-2H3,(H,14,15). The van der Waals surface area contributed by atoms with Crippen molar-refractivity contribution >= 4 is 17.4 Å². The summed E-state index contributed by atoms with van der Waals surface area (Å²) in [6, 6.07) is 0.0115. The molecule has 1 rings (SSSR count). The minimum absolute atomic E-state index is 0.0115. The monoisotopic (exact) mass is 259 g/mol. The van der Waals surface area contributed by atoms with Crippen LogP contribution in [0.15, 0.2) is 12.4 Å². The number of methoxy groups -OCH3 is 1. The zero-order valence-electron chi connectivity index (χ0n) is 10.1. The molecule has 0 saturated carbocycles. The van der Waals surface area contributed by atoms with E-state index in [4.69, 9.17) is 21.1 Å². The van der Waals surface area contributed by atoms with Crippen molar-refractivity contribution in [2.24, 2.45) is 0 Å². The normalized spacial score (nSPS) is 12.2. The van der Waals surface area contributed by atoms with Gasteiger partial charge in [-0.1, -0.05) is 6.92 Å². The number of rotatable bonds is 8. The molecular weight excluding hydrogens is 242 g/mol. The first-order valence-electron chi connectivity index (χ1n) is 5.56. The molecule has 0 aliphatic heterocycles. The molecule has 1 atom stereocenters. The van der Waals surface area contributed by atoms with Gasteiger partial charge >= 0.3 is 0 Å². The van der Waals surface area contributed by atoms with Gasteiger partial charge in [0.2, 0.25) is 5.88 Å². The predicted octanol–water partition coefficient (Wildman–Crippen LogP) is 1.93. The van der Waals surface area contributed by atoms with Crippen LogP contribution in [0.1, 0.15) is 13.3 Å². The molecule has 0 aliphatic rings. The molecule has 17 heavy (non-hydrogen) atoms. The van der Waals surface area contributed by atoms with Crippen LogP contribution in [0.3, 0.4) is 0 Å². The highest BCUT2D eigenvalue weighted by Crippen LogP contribution is 2.10. The molecule has 1 heterocycles. The second-order valence-electron chi connectivity index (χ2n) is 3.54. The van der Waals surface area contributed by atoms with Crippen molar-refractivity contribution in [2.45, 2.75) is 19.4 Å². The molecule has 1 N–H and O–H groups in total. The summed E-state index contributed by atoms with van der Waals surface area (Å²) in [4.78, 5) is 8.32. The first-order chi connectivity index (χ1) is 8.30. The summed E-state index contributed by atoms with van der Waals surface area (Å²) in [5.74, 6) is 1.60. The van der Waals surface area contributed by atoms with E-state index >= 15 is 0 Å². The number of alkyl halides is 1. The molecular formula is C11H18ClN3O2. The average molecular weight is 260 g/mol. The number of ether oxygens (including phenoxy) is 2. The zero-order chi connectivity index (χ0) is 12.5. The van der Waals surface area contributed by atoms with Gasteiger partial charge in [0, 0.05) is 13.0 Å². The Balaban J connectivity index is 2.57. The highest BCUT2D eigenvalue weighted by atomic mass is 35.5. The van der Waals surface area contributed by atoms with Crippen molar-refractivity contribution in [1.82, 2.24) is 9.97 Å². The van der Waals surface area contributed by atoms with Crippen molar-refractivity contribution in [2.75, 3.05) is 31.5 Å². The smallest absolute Gasteiger partial charge is 0.234 e. The Labute approximate surface area is 107 Å². The highest BCUT2D eigenvalue weighted by molar-refractivity contribution is 6.18. The van der Waals surface area contributed by atoms with Crippen LogP contribution in [0.4, 0.5) is 5.82 Å². The molecule has 5 nitrogen and oxygen atoms in total.